The van der Waals surface area contributed by atoms with Gasteiger partial charge in [0.05, 0.1) is 5.69 Å². The minimum absolute atomic E-state index is 0.0721. The molecule has 1 saturated carbocycles. The summed E-state index contributed by atoms with van der Waals surface area (Å²) >= 11 is 0. The Morgan fingerprint density at radius 1 is 1.21 bits per heavy atom. The molecule has 0 spiro atoms. The number of H-pyrrole nitrogens is 1. The topological polar surface area (TPSA) is 91.8 Å². The summed E-state index contributed by atoms with van der Waals surface area (Å²) in [7, 11) is 0. The minimum atomic E-state index is -0.362. The third-order valence-corrected chi connectivity index (χ3v) is 4.10. The van der Waals surface area contributed by atoms with Crippen molar-refractivity contribution in [3.05, 3.63) is 54.0 Å². The van der Waals surface area contributed by atoms with E-state index in [1.165, 1.54) is 12.8 Å². The Morgan fingerprint density at radius 2 is 2.08 bits per heavy atom. The van der Waals surface area contributed by atoms with Crippen LogP contribution in [-0.4, -0.2) is 26.6 Å². The first kappa shape index (κ1) is 14.5. The number of carbonyl (C=O) groups is 2. The van der Waals surface area contributed by atoms with Crippen molar-refractivity contribution in [3.63, 3.8) is 0 Å². The van der Waals surface area contributed by atoms with Gasteiger partial charge < -0.3 is 4.98 Å². The molecular formula is C17H17N5O2. The van der Waals surface area contributed by atoms with Crippen LogP contribution < -0.4 is 10.9 Å². The summed E-state index contributed by atoms with van der Waals surface area (Å²) in [6.07, 6.45) is 5.94. The zero-order chi connectivity index (χ0) is 16.5. The summed E-state index contributed by atoms with van der Waals surface area (Å²) < 4.78 is 1.58. The zero-order valence-corrected chi connectivity index (χ0v) is 13.0. The zero-order valence-electron chi connectivity index (χ0n) is 13.0. The summed E-state index contributed by atoms with van der Waals surface area (Å²) in [5, 5.41) is 5.39. The van der Waals surface area contributed by atoms with E-state index in [0.29, 0.717) is 11.5 Å². The SMILES string of the molecule is O=C(Cn1ccc(C2CC2)n1)NNC(=O)c1ccc2cc[nH]c2c1. The van der Waals surface area contributed by atoms with Crippen molar-refractivity contribution in [1.82, 2.24) is 25.6 Å². The molecule has 0 saturated heterocycles. The number of aromatic amines is 1. The molecule has 4 rings (SSSR count). The molecule has 0 unspecified atom stereocenters. The Labute approximate surface area is 138 Å². The number of nitrogens with zero attached hydrogens (tertiary/aromatic N) is 2. The summed E-state index contributed by atoms with van der Waals surface area (Å²) in [6.45, 7) is 0.0721. The molecule has 0 aliphatic heterocycles. The quantitative estimate of drug-likeness (QED) is 0.638. The number of nitrogens with one attached hydrogen (secondary N) is 3. The molecule has 1 aliphatic carbocycles. The molecule has 7 heteroatoms. The molecule has 24 heavy (non-hydrogen) atoms. The summed E-state index contributed by atoms with van der Waals surface area (Å²) in [4.78, 5) is 27.1. The van der Waals surface area contributed by atoms with Crippen LogP contribution in [0.4, 0.5) is 0 Å². The van der Waals surface area contributed by atoms with Gasteiger partial charge in [-0.2, -0.15) is 5.10 Å². The van der Waals surface area contributed by atoms with Gasteiger partial charge in [0.2, 0.25) is 0 Å². The number of hydrogen-bond donors (Lipinski definition) is 3. The Hall–Kier alpha value is -3.09. The molecule has 2 amide bonds. The van der Waals surface area contributed by atoms with Crippen molar-refractivity contribution < 1.29 is 9.59 Å². The molecule has 7 nitrogen and oxygen atoms in total. The van der Waals surface area contributed by atoms with Crippen LogP contribution >= 0.6 is 0 Å². The molecule has 2 heterocycles. The molecule has 122 valence electrons. The van der Waals surface area contributed by atoms with Crippen molar-refractivity contribution in [2.75, 3.05) is 0 Å². The summed E-state index contributed by atoms with van der Waals surface area (Å²) in [5.74, 6) is -0.134. The van der Waals surface area contributed by atoms with Gasteiger partial charge in [-0.15, -0.1) is 0 Å². The van der Waals surface area contributed by atoms with Crippen LogP contribution in [0.25, 0.3) is 10.9 Å². The number of carbonyl (C=O) groups excluding carboxylic acids is 2. The van der Waals surface area contributed by atoms with Crippen LogP contribution in [0.15, 0.2) is 42.7 Å². The predicted octanol–water partition coefficient (Wildman–Crippen LogP) is 1.70. The molecule has 1 aliphatic rings. The Balaban J connectivity index is 1.32. The second-order valence-electron chi connectivity index (χ2n) is 5.99. The van der Waals surface area contributed by atoms with Crippen LogP contribution in [0.2, 0.25) is 0 Å². The fourth-order valence-corrected chi connectivity index (χ4v) is 2.64. The van der Waals surface area contributed by atoms with Crippen molar-refractivity contribution in [2.24, 2.45) is 0 Å². The molecule has 1 aromatic carbocycles. The maximum Gasteiger partial charge on any atom is 0.269 e. The average Bonchev–Trinajstić information content (AvgIpc) is 3.15. The van der Waals surface area contributed by atoms with Crippen LogP contribution in [0.1, 0.15) is 34.8 Å². The predicted molar refractivity (Wildman–Crippen MR) is 88.1 cm³/mol. The fourth-order valence-electron chi connectivity index (χ4n) is 2.64. The van der Waals surface area contributed by atoms with E-state index >= 15 is 0 Å². The highest BCUT2D eigenvalue weighted by molar-refractivity contribution is 5.98. The number of hydrogen-bond acceptors (Lipinski definition) is 3. The lowest BCUT2D eigenvalue weighted by Gasteiger charge is -2.07. The van der Waals surface area contributed by atoms with Gasteiger partial charge in [-0.3, -0.25) is 25.1 Å². The molecule has 3 N–H and O–H groups in total. The highest BCUT2D eigenvalue weighted by Crippen LogP contribution is 2.38. The first-order valence-electron chi connectivity index (χ1n) is 7.89. The van der Waals surface area contributed by atoms with E-state index in [9.17, 15) is 9.59 Å². The summed E-state index contributed by atoms with van der Waals surface area (Å²) in [6, 6.07) is 9.18. The lowest BCUT2D eigenvalue weighted by Crippen LogP contribution is -2.43. The number of amides is 2. The monoisotopic (exact) mass is 323 g/mol. The third kappa shape index (κ3) is 3.01. The van der Waals surface area contributed by atoms with Gasteiger partial charge in [0, 0.05) is 29.4 Å². The largest absolute Gasteiger partial charge is 0.361 e. The number of aromatic nitrogens is 3. The summed E-state index contributed by atoms with van der Waals surface area (Å²) in [5.41, 5.74) is 7.22. The second kappa shape index (κ2) is 5.84. The molecule has 2 aromatic heterocycles. The van der Waals surface area contributed by atoms with Gasteiger partial charge in [0.25, 0.3) is 11.8 Å². The number of benzene rings is 1. The van der Waals surface area contributed by atoms with Crippen LogP contribution in [0.5, 0.6) is 0 Å². The standard InChI is InChI=1S/C17H17N5O2/c23-16(10-22-8-6-14(21-22)11-1-2-11)19-20-17(24)13-4-3-12-5-7-18-15(12)9-13/h3-9,11,18H,1-2,10H2,(H,19,23)(H,20,24). The van der Waals surface area contributed by atoms with Crippen LogP contribution in [0.3, 0.4) is 0 Å². The van der Waals surface area contributed by atoms with Crippen molar-refractivity contribution >= 4 is 22.7 Å². The minimum Gasteiger partial charge on any atom is -0.361 e. The van der Waals surface area contributed by atoms with E-state index in [4.69, 9.17) is 0 Å². The van der Waals surface area contributed by atoms with Gasteiger partial charge in [-0.25, -0.2) is 0 Å². The Morgan fingerprint density at radius 3 is 2.92 bits per heavy atom. The van der Waals surface area contributed by atoms with Crippen LogP contribution in [-0.2, 0) is 11.3 Å². The van der Waals surface area contributed by atoms with E-state index < -0.39 is 0 Å². The van der Waals surface area contributed by atoms with E-state index in [2.05, 4.69) is 20.9 Å². The highest BCUT2D eigenvalue weighted by Gasteiger charge is 2.25. The average molecular weight is 323 g/mol. The van der Waals surface area contributed by atoms with E-state index in [0.717, 1.165) is 16.6 Å². The molecule has 0 radical (unpaired) electrons. The lowest BCUT2D eigenvalue weighted by atomic mass is 10.1. The Bertz CT molecular complexity index is 906. The van der Waals surface area contributed by atoms with Gasteiger partial charge in [0.1, 0.15) is 6.54 Å². The number of rotatable bonds is 4. The molecule has 3 aromatic rings. The van der Waals surface area contributed by atoms with Crippen molar-refractivity contribution in [2.45, 2.75) is 25.3 Å². The van der Waals surface area contributed by atoms with E-state index in [1.807, 2.05) is 24.4 Å². The lowest BCUT2D eigenvalue weighted by molar-refractivity contribution is -0.122. The van der Waals surface area contributed by atoms with Crippen molar-refractivity contribution in [1.29, 1.82) is 0 Å². The van der Waals surface area contributed by atoms with E-state index in [-0.39, 0.29) is 18.4 Å². The maximum absolute atomic E-state index is 12.1. The number of hydrazine groups is 1. The highest BCUT2D eigenvalue weighted by atomic mass is 16.2. The second-order valence-corrected chi connectivity index (χ2v) is 5.99. The van der Waals surface area contributed by atoms with E-state index in [1.54, 1.807) is 23.0 Å². The first-order valence-corrected chi connectivity index (χ1v) is 7.89. The van der Waals surface area contributed by atoms with Gasteiger partial charge in [0.15, 0.2) is 0 Å². The third-order valence-electron chi connectivity index (χ3n) is 4.10. The van der Waals surface area contributed by atoms with Gasteiger partial charge >= 0.3 is 0 Å². The fraction of sp³-hybridized carbons (Fsp3) is 0.235. The number of fused-ring (bicyclic) bond motifs is 1. The normalized spacial score (nSPS) is 13.8. The molecular weight excluding hydrogens is 306 g/mol. The Kier molecular flexibility index (Phi) is 3.53. The molecule has 0 atom stereocenters. The van der Waals surface area contributed by atoms with Gasteiger partial charge in [-0.05, 0) is 42.5 Å². The first-order chi connectivity index (χ1) is 11.7. The van der Waals surface area contributed by atoms with Crippen molar-refractivity contribution in [3.8, 4) is 0 Å². The smallest absolute Gasteiger partial charge is 0.269 e. The van der Waals surface area contributed by atoms with Gasteiger partial charge in [-0.1, -0.05) is 6.07 Å². The van der Waals surface area contributed by atoms with Crippen LogP contribution in [0, 0.1) is 0 Å². The maximum atomic E-state index is 12.1. The molecule has 1 fully saturated rings. The molecule has 0 bridgehead atoms.